The number of pyridine rings is 1. The quantitative estimate of drug-likeness (QED) is 0.251. The normalized spacial score (nSPS) is 11.9. The Kier molecular flexibility index (Phi) is 5.16. The molecule has 0 saturated carbocycles. The number of carbonyl (C=O) groups excluding carboxylic acids is 1. The van der Waals surface area contributed by atoms with Gasteiger partial charge in [0.1, 0.15) is 5.52 Å². The Hall–Kier alpha value is -3.41. The summed E-state index contributed by atoms with van der Waals surface area (Å²) < 4.78 is 0. The van der Waals surface area contributed by atoms with Gasteiger partial charge in [-0.25, -0.2) is 0 Å². The van der Waals surface area contributed by atoms with Crippen LogP contribution in [0.2, 0.25) is 5.02 Å². The van der Waals surface area contributed by atoms with Crippen molar-refractivity contribution in [2.75, 3.05) is 5.32 Å². The van der Waals surface area contributed by atoms with Crippen LogP contribution < -0.4 is 5.32 Å². The molecule has 0 spiro atoms. The van der Waals surface area contributed by atoms with E-state index in [1.807, 2.05) is 42.5 Å². The summed E-state index contributed by atoms with van der Waals surface area (Å²) in [6.07, 6.45) is -0.0291. The van der Waals surface area contributed by atoms with Crippen LogP contribution in [-0.4, -0.2) is 27.2 Å². The number of carbonyl (C=O) groups is 1. The summed E-state index contributed by atoms with van der Waals surface area (Å²) in [5.74, 6) is -0.711. The highest BCUT2D eigenvalue weighted by atomic mass is 35.5. The van der Waals surface area contributed by atoms with Gasteiger partial charge in [-0.1, -0.05) is 66.2 Å². The number of aromatic hydroxyl groups is 1. The topological polar surface area (TPSA) is 82.5 Å². The van der Waals surface area contributed by atoms with Crippen LogP contribution in [0.25, 0.3) is 22.0 Å². The van der Waals surface area contributed by atoms with Gasteiger partial charge < -0.3 is 15.5 Å². The van der Waals surface area contributed by atoms with Crippen LogP contribution in [0.1, 0.15) is 10.4 Å². The molecule has 29 heavy (non-hydrogen) atoms. The number of benzene rings is 3. The van der Waals surface area contributed by atoms with E-state index in [0.717, 1.165) is 11.1 Å². The van der Waals surface area contributed by atoms with Crippen LogP contribution in [-0.2, 0) is 0 Å². The number of rotatable bonds is 5. The standard InChI is InChI=1S/C23H17ClN2O3/c24-18-13-19(22(28)20-17(18)7-4-12-25-20)26-23(29)21(27)16-10-8-15(9-11-16)14-5-2-1-3-6-14/h1-13,23,26,28-29H. The Morgan fingerprint density at radius 2 is 1.66 bits per heavy atom. The maximum atomic E-state index is 12.6. The number of aliphatic hydroxyl groups excluding tert-OH is 1. The largest absolute Gasteiger partial charge is 0.504 e. The van der Waals surface area contributed by atoms with Crippen molar-refractivity contribution in [3.8, 4) is 16.9 Å². The Bertz CT molecular complexity index is 1180. The van der Waals surface area contributed by atoms with E-state index in [1.54, 1.807) is 24.3 Å². The summed E-state index contributed by atoms with van der Waals surface area (Å²) in [6.45, 7) is 0. The predicted molar refractivity (Wildman–Crippen MR) is 114 cm³/mol. The SMILES string of the molecule is O=C(c1ccc(-c2ccccc2)cc1)C(O)Nc1cc(Cl)c2cccnc2c1O. The predicted octanol–water partition coefficient (Wildman–Crippen LogP) is 4.87. The molecule has 144 valence electrons. The summed E-state index contributed by atoms with van der Waals surface area (Å²) in [5, 5.41) is 24.3. The highest BCUT2D eigenvalue weighted by Crippen LogP contribution is 2.36. The second kappa shape index (κ2) is 7.91. The van der Waals surface area contributed by atoms with E-state index < -0.39 is 12.0 Å². The molecular formula is C23H17ClN2O3. The van der Waals surface area contributed by atoms with Gasteiger partial charge >= 0.3 is 0 Å². The zero-order chi connectivity index (χ0) is 20.4. The maximum Gasteiger partial charge on any atom is 0.211 e. The molecule has 0 radical (unpaired) electrons. The van der Waals surface area contributed by atoms with Gasteiger partial charge in [0.05, 0.1) is 10.7 Å². The molecule has 1 atom stereocenters. The van der Waals surface area contributed by atoms with E-state index in [4.69, 9.17) is 11.6 Å². The Morgan fingerprint density at radius 3 is 2.38 bits per heavy atom. The summed E-state index contributed by atoms with van der Waals surface area (Å²) in [5.41, 5.74) is 2.76. The van der Waals surface area contributed by atoms with Crippen molar-refractivity contribution >= 4 is 34.0 Å². The second-order valence-corrected chi connectivity index (χ2v) is 6.92. The van der Waals surface area contributed by atoms with E-state index in [0.29, 0.717) is 16.0 Å². The van der Waals surface area contributed by atoms with Crippen LogP contribution in [0.15, 0.2) is 79.0 Å². The number of hydrogen-bond acceptors (Lipinski definition) is 5. The number of halogens is 1. The number of aromatic nitrogens is 1. The summed E-state index contributed by atoms with van der Waals surface area (Å²) in [6, 6.07) is 21.6. The fourth-order valence-electron chi connectivity index (χ4n) is 3.13. The molecule has 1 aromatic heterocycles. The average molecular weight is 405 g/mol. The molecule has 6 heteroatoms. The van der Waals surface area contributed by atoms with Crippen molar-refractivity contribution in [3.63, 3.8) is 0 Å². The number of fused-ring (bicyclic) bond motifs is 1. The first-order valence-corrected chi connectivity index (χ1v) is 9.33. The fourth-order valence-corrected chi connectivity index (χ4v) is 3.39. The van der Waals surface area contributed by atoms with Gasteiger partial charge in [0.15, 0.2) is 12.0 Å². The molecule has 4 rings (SSSR count). The van der Waals surface area contributed by atoms with E-state index in [2.05, 4.69) is 10.3 Å². The highest BCUT2D eigenvalue weighted by Gasteiger charge is 2.20. The van der Waals surface area contributed by atoms with Crippen molar-refractivity contribution < 1.29 is 15.0 Å². The fraction of sp³-hybridized carbons (Fsp3) is 0.0435. The van der Waals surface area contributed by atoms with E-state index in [-0.39, 0.29) is 17.0 Å². The molecule has 0 bridgehead atoms. The molecule has 0 aliphatic rings. The molecule has 3 N–H and O–H groups in total. The Labute approximate surface area is 172 Å². The second-order valence-electron chi connectivity index (χ2n) is 6.51. The van der Waals surface area contributed by atoms with Gasteiger partial charge in [0.25, 0.3) is 0 Å². The van der Waals surface area contributed by atoms with Crippen LogP contribution >= 0.6 is 11.6 Å². The molecule has 0 fully saturated rings. The zero-order valence-corrected chi connectivity index (χ0v) is 16.0. The zero-order valence-electron chi connectivity index (χ0n) is 15.2. The van der Waals surface area contributed by atoms with Crippen molar-refractivity contribution in [1.29, 1.82) is 0 Å². The lowest BCUT2D eigenvalue weighted by Gasteiger charge is -2.16. The van der Waals surface area contributed by atoms with Crippen LogP contribution in [0.3, 0.4) is 0 Å². The number of Topliss-reactive ketones (excluding diaryl/α,β-unsaturated/α-hetero) is 1. The lowest BCUT2D eigenvalue weighted by atomic mass is 10.0. The van der Waals surface area contributed by atoms with Crippen LogP contribution in [0.4, 0.5) is 5.69 Å². The first kappa shape index (κ1) is 18.9. The monoisotopic (exact) mass is 404 g/mol. The molecule has 1 heterocycles. The van der Waals surface area contributed by atoms with Crippen LogP contribution in [0, 0.1) is 0 Å². The lowest BCUT2D eigenvalue weighted by Crippen LogP contribution is -2.29. The molecule has 0 aliphatic heterocycles. The van der Waals surface area contributed by atoms with Crippen molar-refractivity contribution in [1.82, 2.24) is 4.98 Å². The third-order valence-corrected chi connectivity index (χ3v) is 4.95. The summed E-state index contributed by atoms with van der Waals surface area (Å²) in [4.78, 5) is 16.7. The van der Waals surface area contributed by atoms with Crippen molar-refractivity contribution in [2.24, 2.45) is 0 Å². The third kappa shape index (κ3) is 3.78. The molecular weight excluding hydrogens is 388 g/mol. The van der Waals surface area contributed by atoms with Gasteiger partial charge in [-0.2, -0.15) is 0 Å². The number of hydrogen-bond donors (Lipinski definition) is 3. The van der Waals surface area contributed by atoms with E-state index in [9.17, 15) is 15.0 Å². The number of ketones is 1. The van der Waals surface area contributed by atoms with Gasteiger partial charge in [0, 0.05) is 17.1 Å². The number of nitrogens with one attached hydrogen (secondary N) is 1. The Morgan fingerprint density at radius 1 is 0.966 bits per heavy atom. The van der Waals surface area contributed by atoms with E-state index in [1.165, 1.54) is 12.3 Å². The van der Waals surface area contributed by atoms with E-state index >= 15 is 0 Å². The smallest absolute Gasteiger partial charge is 0.211 e. The highest BCUT2D eigenvalue weighted by molar-refractivity contribution is 6.36. The average Bonchev–Trinajstić information content (AvgIpc) is 2.77. The molecule has 3 aromatic carbocycles. The van der Waals surface area contributed by atoms with Crippen molar-refractivity contribution in [3.05, 3.63) is 89.6 Å². The maximum absolute atomic E-state index is 12.6. The molecule has 1 unspecified atom stereocenters. The molecule has 4 aromatic rings. The summed E-state index contributed by atoms with van der Waals surface area (Å²) >= 11 is 6.23. The minimum Gasteiger partial charge on any atom is -0.504 e. The number of aliphatic hydroxyl groups is 1. The molecule has 0 saturated heterocycles. The minimum atomic E-state index is -1.55. The van der Waals surface area contributed by atoms with Gasteiger partial charge in [-0.15, -0.1) is 0 Å². The number of anilines is 1. The van der Waals surface area contributed by atoms with Gasteiger partial charge in [0.2, 0.25) is 5.78 Å². The van der Waals surface area contributed by atoms with Crippen LogP contribution in [0.5, 0.6) is 5.75 Å². The molecule has 0 amide bonds. The first-order valence-electron chi connectivity index (χ1n) is 8.95. The minimum absolute atomic E-state index is 0.128. The summed E-state index contributed by atoms with van der Waals surface area (Å²) in [7, 11) is 0. The van der Waals surface area contributed by atoms with Gasteiger partial charge in [-0.3, -0.25) is 9.78 Å². The van der Waals surface area contributed by atoms with Gasteiger partial charge in [-0.05, 0) is 29.3 Å². The number of phenolic OH excluding ortho intramolecular Hbond substituents is 1. The lowest BCUT2D eigenvalue weighted by molar-refractivity contribution is 0.0793. The first-order chi connectivity index (χ1) is 14.0. The third-order valence-electron chi connectivity index (χ3n) is 4.63. The molecule has 0 aliphatic carbocycles. The number of phenols is 1. The molecule has 5 nitrogen and oxygen atoms in total. The number of nitrogens with zero attached hydrogens (tertiary/aromatic N) is 1. The Balaban J connectivity index is 1.56. The van der Waals surface area contributed by atoms with Crippen molar-refractivity contribution in [2.45, 2.75) is 6.23 Å².